The molecule has 2 heterocycles. The molecule has 1 saturated heterocycles. The second-order valence-electron chi connectivity index (χ2n) is 5.70. The molecule has 0 bridgehead atoms. The van der Waals surface area contributed by atoms with E-state index in [1.807, 2.05) is 25.0 Å². The van der Waals surface area contributed by atoms with Crippen LogP contribution in [0.2, 0.25) is 0 Å². The summed E-state index contributed by atoms with van der Waals surface area (Å²) in [5.41, 5.74) is 1.35. The molecular formula is C14H23N5. The van der Waals surface area contributed by atoms with Crippen LogP contribution in [0, 0.1) is 0 Å². The fraction of sp³-hybridized carbons (Fsp3) is 0.714. The summed E-state index contributed by atoms with van der Waals surface area (Å²) in [7, 11) is 3.87. The smallest absolute Gasteiger partial charge is 0.193 e. The quantitative estimate of drug-likeness (QED) is 0.645. The molecule has 5 heteroatoms. The summed E-state index contributed by atoms with van der Waals surface area (Å²) in [5, 5.41) is 7.85. The van der Waals surface area contributed by atoms with Gasteiger partial charge in [0, 0.05) is 45.3 Å². The highest BCUT2D eigenvalue weighted by atomic mass is 15.3. The summed E-state index contributed by atoms with van der Waals surface area (Å²) in [4.78, 5) is 6.82. The highest BCUT2D eigenvalue weighted by Crippen LogP contribution is 2.27. The lowest BCUT2D eigenvalue weighted by atomic mass is 9.93. The molecular weight excluding hydrogens is 238 g/mol. The van der Waals surface area contributed by atoms with Gasteiger partial charge in [0.2, 0.25) is 0 Å². The highest BCUT2D eigenvalue weighted by molar-refractivity contribution is 5.80. The van der Waals surface area contributed by atoms with Crippen molar-refractivity contribution in [2.75, 3.05) is 20.1 Å². The summed E-state index contributed by atoms with van der Waals surface area (Å²) in [6, 6.07) is 0.649. The molecule has 2 fully saturated rings. The number of hydrogen-bond acceptors (Lipinski definition) is 2. The largest absolute Gasteiger partial charge is 0.354 e. The molecule has 3 rings (SSSR count). The minimum atomic E-state index is 0.591. The summed E-state index contributed by atoms with van der Waals surface area (Å²) in [6.45, 7) is 2.14. The Balaban J connectivity index is 1.60. The van der Waals surface area contributed by atoms with Crippen LogP contribution in [0.15, 0.2) is 17.4 Å². The van der Waals surface area contributed by atoms with Crippen molar-refractivity contribution < 1.29 is 0 Å². The second kappa shape index (κ2) is 5.23. The summed E-state index contributed by atoms with van der Waals surface area (Å²) in [6.07, 6.45) is 9.26. The third-order valence-electron chi connectivity index (χ3n) is 4.33. The Kier molecular flexibility index (Phi) is 3.44. The van der Waals surface area contributed by atoms with Crippen LogP contribution in [-0.2, 0) is 7.05 Å². The van der Waals surface area contributed by atoms with Crippen molar-refractivity contribution in [3.05, 3.63) is 18.0 Å². The molecule has 1 aliphatic heterocycles. The van der Waals surface area contributed by atoms with Gasteiger partial charge in [-0.3, -0.25) is 9.67 Å². The Hall–Kier alpha value is -1.52. The maximum absolute atomic E-state index is 4.44. The first-order valence-electron chi connectivity index (χ1n) is 7.23. The van der Waals surface area contributed by atoms with Crippen molar-refractivity contribution in [2.45, 2.75) is 37.6 Å². The van der Waals surface area contributed by atoms with Gasteiger partial charge in [0.1, 0.15) is 0 Å². The standard InChI is InChI=1S/C14H23N5/c1-15-14(17-13-4-3-5-13)19-7-6-11(10-19)12-8-16-18(2)9-12/h8-9,11,13H,3-7,10H2,1-2H3,(H,15,17). The zero-order chi connectivity index (χ0) is 13.2. The fourth-order valence-corrected chi connectivity index (χ4v) is 2.91. The van der Waals surface area contributed by atoms with E-state index in [-0.39, 0.29) is 0 Å². The maximum Gasteiger partial charge on any atom is 0.193 e. The lowest BCUT2D eigenvalue weighted by molar-refractivity contribution is 0.361. The Bertz CT molecular complexity index is 460. The van der Waals surface area contributed by atoms with Crippen molar-refractivity contribution in [2.24, 2.45) is 12.0 Å². The van der Waals surface area contributed by atoms with Gasteiger partial charge in [-0.1, -0.05) is 0 Å². The van der Waals surface area contributed by atoms with E-state index in [0.717, 1.165) is 19.0 Å². The number of aliphatic imine (C=N–C) groups is 1. The van der Waals surface area contributed by atoms with Crippen LogP contribution in [-0.4, -0.2) is 46.8 Å². The third kappa shape index (κ3) is 2.60. The molecule has 0 amide bonds. The van der Waals surface area contributed by atoms with E-state index in [9.17, 15) is 0 Å². The zero-order valence-electron chi connectivity index (χ0n) is 11.8. The number of aromatic nitrogens is 2. The summed E-state index contributed by atoms with van der Waals surface area (Å²) in [5.74, 6) is 1.67. The number of guanidine groups is 1. The molecule has 19 heavy (non-hydrogen) atoms. The van der Waals surface area contributed by atoms with E-state index < -0.39 is 0 Å². The van der Waals surface area contributed by atoms with Gasteiger partial charge in [-0.15, -0.1) is 0 Å². The lowest BCUT2D eigenvalue weighted by Crippen LogP contribution is -2.47. The van der Waals surface area contributed by atoms with Gasteiger partial charge < -0.3 is 10.2 Å². The highest BCUT2D eigenvalue weighted by Gasteiger charge is 2.28. The third-order valence-corrected chi connectivity index (χ3v) is 4.33. The van der Waals surface area contributed by atoms with E-state index in [2.05, 4.69) is 26.5 Å². The number of nitrogens with zero attached hydrogens (tertiary/aromatic N) is 4. The maximum atomic E-state index is 4.44. The molecule has 1 aromatic heterocycles. The van der Waals surface area contributed by atoms with Crippen molar-refractivity contribution in [3.63, 3.8) is 0 Å². The van der Waals surface area contributed by atoms with Crippen molar-refractivity contribution in [3.8, 4) is 0 Å². The summed E-state index contributed by atoms with van der Waals surface area (Å²) < 4.78 is 1.89. The minimum Gasteiger partial charge on any atom is -0.354 e. The van der Waals surface area contributed by atoms with Crippen LogP contribution < -0.4 is 5.32 Å². The predicted octanol–water partition coefficient (Wildman–Crippen LogP) is 1.34. The number of aryl methyl sites for hydroxylation is 1. The SMILES string of the molecule is CN=C(NC1CCC1)N1CCC(c2cnn(C)c2)C1. The van der Waals surface area contributed by atoms with Crippen molar-refractivity contribution in [1.82, 2.24) is 20.0 Å². The first-order valence-corrected chi connectivity index (χ1v) is 7.23. The number of nitrogens with one attached hydrogen (secondary N) is 1. The van der Waals surface area contributed by atoms with Crippen LogP contribution >= 0.6 is 0 Å². The van der Waals surface area contributed by atoms with Gasteiger partial charge in [-0.2, -0.15) is 5.10 Å². The topological polar surface area (TPSA) is 45.5 Å². The average molecular weight is 261 g/mol. The van der Waals surface area contributed by atoms with Gasteiger partial charge >= 0.3 is 0 Å². The first kappa shape index (κ1) is 12.5. The Morgan fingerprint density at radius 3 is 2.84 bits per heavy atom. The van der Waals surface area contributed by atoms with Gasteiger partial charge in [0.25, 0.3) is 0 Å². The molecule has 0 radical (unpaired) electrons. The molecule has 0 spiro atoms. The molecule has 104 valence electrons. The molecule has 2 aliphatic rings. The number of hydrogen-bond donors (Lipinski definition) is 1. The molecule has 1 aliphatic carbocycles. The van der Waals surface area contributed by atoms with Gasteiger partial charge in [-0.25, -0.2) is 0 Å². The fourth-order valence-electron chi connectivity index (χ4n) is 2.91. The van der Waals surface area contributed by atoms with E-state index in [1.165, 1.54) is 31.2 Å². The van der Waals surface area contributed by atoms with Gasteiger partial charge in [0.05, 0.1) is 6.20 Å². The molecule has 1 saturated carbocycles. The zero-order valence-corrected chi connectivity index (χ0v) is 11.8. The van der Waals surface area contributed by atoms with E-state index in [0.29, 0.717) is 12.0 Å². The number of likely N-dealkylation sites (tertiary alicyclic amines) is 1. The first-order chi connectivity index (χ1) is 9.26. The van der Waals surface area contributed by atoms with Crippen LogP contribution in [0.1, 0.15) is 37.2 Å². The molecule has 1 N–H and O–H groups in total. The minimum absolute atomic E-state index is 0.591. The van der Waals surface area contributed by atoms with E-state index in [4.69, 9.17) is 0 Å². The monoisotopic (exact) mass is 261 g/mol. The Labute approximate surface area is 114 Å². The summed E-state index contributed by atoms with van der Waals surface area (Å²) >= 11 is 0. The Morgan fingerprint density at radius 1 is 1.42 bits per heavy atom. The van der Waals surface area contributed by atoms with Crippen molar-refractivity contribution >= 4 is 5.96 Å². The van der Waals surface area contributed by atoms with Crippen LogP contribution in [0.3, 0.4) is 0 Å². The molecule has 5 nitrogen and oxygen atoms in total. The number of rotatable bonds is 2. The molecule has 1 unspecified atom stereocenters. The lowest BCUT2D eigenvalue weighted by Gasteiger charge is -2.31. The molecule has 1 aromatic rings. The Morgan fingerprint density at radius 2 is 2.26 bits per heavy atom. The van der Waals surface area contributed by atoms with Crippen LogP contribution in [0.4, 0.5) is 0 Å². The van der Waals surface area contributed by atoms with Crippen LogP contribution in [0.5, 0.6) is 0 Å². The van der Waals surface area contributed by atoms with Crippen LogP contribution in [0.25, 0.3) is 0 Å². The molecule has 0 aromatic carbocycles. The van der Waals surface area contributed by atoms with E-state index in [1.54, 1.807) is 0 Å². The van der Waals surface area contributed by atoms with Crippen molar-refractivity contribution in [1.29, 1.82) is 0 Å². The van der Waals surface area contributed by atoms with Gasteiger partial charge in [-0.05, 0) is 31.2 Å². The average Bonchev–Trinajstić information content (AvgIpc) is 2.96. The van der Waals surface area contributed by atoms with E-state index >= 15 is 0 Å². The predicted molar refractivity (Wildman–Crippen MR) is 76.3 cm³/mol. The second-order valence-corrected chi connectivity index (χ2v) is 5.70. The van der Waals surface area contributed by atoms with Gasteiger partial charge in [0.15, 0.2) is 5.96 Å². The normalized spacial score (nSPS) is 24.6. The molecule has 1 atom stereocenters.